The molecule has 0 N–H and O–H groups in total. The van der Waals surface area contributed by atoms with Crippen LogP contribution in [0.3, 0.4) is 0 Å². The van der Waals surface area contributed by atoms with Crippen LogP contribution in [0.1, 0.15) is 0 Å². The molecule has 76 valence electrons. The van der Waals surface area contributed by atoms with Gasteiger partial charge in [0.1, 0.15) is 0 Å². The molecule has 0 aromatic rings. The summed E-state index contributed by atoms with van der Waals surface area (Å²) in [7, 11) is -2.28. The van der Waals surface area contributed by atoms with Crippen LogP contribution in [0.4, 0.5) is 0 Å². The highest BCUT2D eigenvalue weighted by Crippen LogP contribution is 2.06. The molecule has 0 unspecified atom stereocenters. The average molecular weight is 227 g/mol. The number of nitrogens with zero attached hydrogens (tertiary/aromatic N) is 3. The minimum Gasteiger partial charge on any atom is -0.246 e. The molecule has 0 rings (SSSR count). The van der Waals surface area contributed by atoms with Crippen molar-refractivity contribution < 1.29 is 13.5 Å². The molecule has 13 heavy (non-hydrogen) atoms. The van der Waals surface area contributed by atoms with E-state index in [1.807, 2.05) is 0 Å². The summed E-state index contributed by atoms with van der Waals surface area (Å²) in [5.41, 5.74) is 0. The minimum atomic E-state index is -3.48. The molecule has 0 aromatic carbocycles. The molecule has 0 saturated carbocycles. The van der Waals surface area contributed by atoms with Gasteiger partial charge in [-0.2, -0.15) is 0 Å². The second kappa shape index (κ2) is 4.42. The monoisotopic (exact) mass is 227 g/mol. The third kappa shape index (κ3) is 4.08. The van der Waals surface area contributed by atoms with Gasteiger partial charge in [0.05, 0.1) is 11.4 Å². The van der Waals surface area contributed by atoms with Crippen molar-refractivity contribution in [2.24, 2.45) is 5.10 Å². The highest BCUT2D eigenvalue weighted by atomic mass is 32.2. The maximum absolute atomic E-state index is 10.9. The number of rotatable bonds is 2. The molecule has 0 aromatic heterocycles. The lowest BCUT2D eigenvalue weighted by atomic mass is 11.2. The lowest BCUT2D eigenvalue weighted by Gasteiger charge is -2.13. The largest absolute Gasteiger partial charge is 0.250 e. The number of sulfonamides is 1. The van der Waals surface area contributed by atoms with Gasteiger partial charge in [-0.05, 0) is 6.26 Å². The normalized spacial score (nSPS) is 12.7. The van der Waals surface area contributed by atoms with Crippen molar-refractivity contribution in [2.45, 2.75) is 0 Å². The maximum atomic E-state index is 10.9. The van der Waals surface area contributed by atoms with Gasteiger partial charge in [-0.1, -0.05) is 11.8 Å². The Labute approximate surface area is 80.0 Å². The van der Waals surface area contributed by atoms with Gasteiger partial charge >= 0.3 is 0 Å². The van der Waals surface area contributed by atoms with Crippen LogP contribution in [0.5, 0.6) is 0 Å². The van der Waals surface area contributed by atoms with Gasteiger partial charge in [0.25, 0.3) is 5.17 Å². The number of thioether (sulfide) groups is 1. The molecule has 0 saturated heterocycles. The number of hydrogen-bond acceptors (Lipinski definition) is 5. The van der Waals surface area contributed by atoms with E-state index in [4.69, 9.17) is 0 Å². The molecule has 0 aliphatic heterocycles. The third-order valence-electron chi connectivity index (χ3n) is 1.12. The van der Waals surface area contributed by atoms with Gasteiger partial charge < -0.3 is 0 Å². The summed E-state index contributed by atoms with van der Waals surface area (Å²) in [4.78, 5) is 9.98. The van der Waals surface area contributed by atoms with E-state index < -0.39 is 15.1 Å². The number of nitro groups is 1. The van der Waals surface area contributed by atoms with Gasteiger partial charge in [-0.15, -0.1) is 0 Å². The molecule has 7 nitrogen and oxygen atoms in total. The first-order valence-electron chi connectivity index (χ1n) is 3.00. The van der Waals surface area contributed by atoms with E-state index in [0.717, 1.165) is 22.3 Å². The van der Waals surface area contributed by atoms with Crippen molar-refractivity contribution in [1.82, 2.24) is 4.31 Å². The molecule has 0 amide bonds. The molecule has 0 aliphatic carbocycles. The molecule has 0 atom stereocenters. The molecule has 0 heterocycles. The van der Waals surface area contributed by atoms with E-state index in [-0.39, 0.29) is 5.17 Å². The fraction of sp³-hybridized carbons (Fsp3) is 0.750. The van der Waals surface area contributed by atoms with Crippen LogP contribution >= 0.6 is 11.8 Å². The SMILES string of the molecule is CSC(=N[N+](=O)[O-])N(C)S(C)(=O)=O. The Balaban J connectivity index is 4.91. The quantitative estimate of drug-likeness (QED) is 0.281. The van der Waals surface area contributed by atoms with Crippen LogP contribution in [0.15, 0.2) is 5.10 Å². The van der Waals surface area contributed by atoms with Gasteiger partial charge in [0.2, 0.25) is 10.0 Å². The van der Waals surface area contributed by atoms with Crippen LogP contribution in [0, 0.1) is 10.1 Å². The predicted octanol–water partition coefficient (Wildman–Crippen LogP) is -0.211. The Bertz CT molecular complexity index is 322. The lowest BCUT2D eigenvalue weighted by molar-refractivity contribution is -0.485. The number of hydrazone groups is 1. The third-order valence-corrected chi connectivity index (χ3v) is 3.12. The second-order valence-electron chi connectivity index (χ2n) is 2.06. The summed E-state index contributed by atoms with van der Waals surface area (Å²) in [6.45, 7) is 0. The topological polar surface area (TPSA) is 92.9 Å². The Morgan fingerprint density at radius 3 is 2.31 bits per heavy atom. The highest BCUT2D eigenvalue weighted by Gasteiger charge is 2.18. The summed E-state index contributed by atoms with van der Waals surface area (Å²) in [6, 6.07) is 0. The minimum absolute atomic E-state index is 0.174. The molecule has 9 heteroatoms. The van der Waals surface area contributed by atoms with Crippen molar-refractivity contribution in [3.05, 3.63) is 10.1 Å². The first-order chi connectivity index (χ1) is 5.79. The highest BCUT2D eigenvalue weighted by molar-refractivity contribution is 8.14. The van der Waals surface area contributed by atoms with Crippen molar-refractivity contribution in [2.75, 3.05) is 19.6 Å². The average Bonchev–Trinajstić information content (AvgIpc) is 1.96. The van der Waals surface area contributed by atoms with Crippen LogP contribution in [-0.2, 0) is 10.0 Å². The zero-order valence-electron chi connectivity index (χ0n) is 7.29. The summed E-state index contributed by atoms with van der Waals surface area (Å²) in [5, 5.41) is 11.8. The van der Waals surface area contributed by atoms with Crippen LogP contribution < -0.4 is 0 Å². The molecule has 0 spiro atoms. The zero-order valence-corrected chi connectivity index (χ0v) is 8.92. The summed E-state index contributed by atoms with van der Waals surface area (Å²) >= 11 is 0.888. The smallest absolute Gasteiger partial charge is 0.246 e. The van der Waals surface area contributed by atoms with Crippen molar-refractivity contribution in [1.29, 1.82) is 0 Å². The Morgan fingerprint density at radius 2 is 2.08 bits per heavy atom. The first kappa shape index (κ1) is 12.2. The van der Waals surface area contributed by atoms with Crippen molar-refractivity contribution >= 4 is 27.0 Å². The van der Waals surface area contributed by atoms with Gasteiger partial charge in [0.15, 0.2) is 5.03 Å². The number of hydrogen-bond donors (Lipinski definition) is 0. The van der Waals surface area contributed by atoms with E-state index in [1.165, 1.54) is 13.3 Å². The van der Waals surface area contributed by atoms with Crippen LogP contribution in [0.2, 0.25) is 0 Å². The predicted molar refractivity (Wildman–Crippen MR) is 50.6 cm³/mol. The van der Waals surface area contributed by atoms with E-state index in [9.17, 15) is 18.5 Å². The van der Waals surface area contributed by atoms with E-state index in [0.29, 0.717) is 0 Å². The van der Waals surface area contributed by atoms with E-state index in [1.54, 1.807) is 0 Å². The Hall–Kier alpha value is -0.830. The van der Waals surface area contributed by atoms with Gasteiger partial charge in [0, 0.05) is 7.05 Å². The molecular weight excluding hydrogens is 218 g/mol. The van der Waals surface area contributed by atoms with Crippen LogP contribution in [-0.4, -0.2) is 42.5 Å². The summed E-state index contributed by atoms with van der Waals surface area (Å²) < 4.78 is 22.6. The Kier molecular flexibility index (Phi) is 4.14. The molecule has 0 radical (unpaired) electrons. The first-order valence-corrected chi connectivity index (χ1v) is 6.07. The van der Waals surface area contributed by atoms with Gasteiger partial charge in [-0.25, -0.2) is 22.8 Å². The molecule has 0 bridgehead atoms. The molecule has 0 aliphatic rings. The second-order valence-corrected chi connectivity index (χ2v) is 4.84. The molecular formula is C4H9N3O4S2. The summed E-state index contributed by atoms with van der Waals surface area (Å²) in [5.74, 6) is 0. The van der Waals surface area contributed by atoms with Gasteiger partial charge in [-0.3, -0.25) is 0 Å². The van der Waals surface area contributed by atoms with Crippen LogP contribution in [0.25, 0.3) is 0 Å². The zero-order chi connectivity index (χ0) is 10.6. The fourth-order valence-electron chi connectivity index (χ4n) is 0.444. The van der Waals surface area contributed by atoms with E-state index >= 15 is 0 Å². The van der Waals surface area contributed by atoms with E-state index in [2.05, 4.69) is 5.10 Å². The summed E-state index contributed by atoms with van der Waals surface area (Å²) in [6.07, 6.45) is 2.45. The Morgan fingerprint density at radius 1 is 1.62 bits per heavy atom. The fourth-order valence-corrected chi connectivity index (χ4v) is 1.80. The molecule has 0 fully saturated rings. The number of amidine groups is 1. The standard InChI is InChI=1S/C4H9N3O4S2/c1-6(13(3,10)11)4(12-2)5-7(8)9/h1-3H3. The maximum Gasteiger partial charge on any atom is 0.250 e. The van der Waals surface area contributed by atoms with Crippen molar-refractivity contribution in [3.8, 4) is 0 Å². The van der Waals surface area contributed by atoms with Crippen molar-refractivity contribution in [3.63, 3.8) is 0 Å². The lowest BCUT2D eigenvalue weighted by Crippen LogP contribution is -2.30.